The van der Waals surface area contributed by atoms with Gasteiger partial charge in [-0.2, -0.15) is 15.0 Å². The highest BCUT2D eigenvalue weighted by Gasteiger charge is 2.19. The fourth-order valence-corrected chi connectivity index (χ4v) is 3.70. The van der Waals surface area contributed by atoms with Gasteiger partial charge in [-0.05, 0) is 39.1 Å². The van der Waals surface area contributed by atoms with Crippen molar-refractivity contribution in [3.8, 4) is 11.8 Å². The molecule has 0 spiro atoms. The van der Waals surface area contributed by atoms with Gasteiger partial charge in [-0.3, -0.25) is 5.10 Å². The number of nitrogens with one attached hydrogen (secondary N) is 3. The van der Waals surface area contributed by atoms with E-state index in [1.165, 1.54) is 0 Å². The van der Waals surface area contributed by atoms with Gasteiger partial charge in [0, 0.05) is 48.8 Å². The molecule has 0 unspecified atom stereocenters. The number of aromatic nitrogens is 6. The standard InChI is InChI=1S/C21H24FN9O/c1-12-10-14-15(23-12)4-5-16(19(14)22)32-21-26-17(25-20-24-13(2)28-29-20)11-18(27-21)31-8-6-30(3)7-9-31/h4-5,10-11,23H,6-9H2,1-3H3,(H2,24,25,26,27,28,29). The molecule has 166 valence electrons. The molecule has 0 radical (unpaired) electrons. The molecule has 10 nitrogen and oxygen atoms in total. The average Bonchev–Trinajstić information content (AvgIpc) is 3.35. The predicted octanol–water partition coefficient (Wildman–Crippen LogP) is 3.12. The molecular formula is C21H24FN9O. The zero-order valence-corrected chi connectivity index (χ0v) is 18.1. The lowest BCUT2D eigenvalue weighted by atomic mass is 10.2. The quantitative estimate of drug-likeness (QED) is 0.437. The van der Waals surface area contributed by atoms with Crippen molar-refractivity contribution in [1.82, 2.24) is 35.0 Å². The molecule has 32 heavy (non-hydrogen) atoms. The number of aromatic amines is 2. The van der Waals surface area contributed by atoms with Crippen molar-refractivity contribution >= 4 is 28.5 Å². The second kappa shape index (κ2) is 8.08. The number of hydrogen-bond donors (Lipinski definition) is 3. The van der Waals surface area contributed by atoms with Gasteiger partial charge in [-0.15, -0.1) is 5.10 Å². The highest BCUT2D eigenvalue weighted by atomic mass is 19.1. The summed E-state index contributed by atoms with van der Waals surface area (Å²) in [7, 11) is 2.09. The van der Waals surface area contributed by atoms with Gasteiger partial charge in [0.25, 0.3) is 0 Å². The zero-order chi connectivity index (χ0) is 22.2. The Hall–Kier alpha value is -3.73. The van der Waals surface area contributed by atoms with E-state index in [1.807, 2.05) is 19.9 Å². The molecular weight excluding hydrogens is 413 g/mol. The summed E-state index contributed by atoms with van der Waals surface area (Å²) >= 11 is 0. The molecule has 0 bridgehead atoms. The van der Waals surface area contributed by atoms with Crippen LogP contribution in [0.2, 0.25) is 0 Å². The summed E-state index contributed by atoms with van der Waals surface area (Å²) in [6.07, 6.45) is 0. The third-order valence-electron chi connectivity index (χ3n) is 5.39. The molecule has 5 rings (SSSR count). The Morgan fingerprint density at radius 1 is 1.06 bits per heavy atom. The van der Waals surface area contributed by atoms with Gasteiger partial charge in [-0.1, -0.05) is 0 Å². The molecule has 1 aliphatic heterocycles. The number of anilines is 3. The van der Waals surface area contributed by atoms with Crippen molar-refractivity contribution in [3.05, 3.63) is 41.6 Å². The van der Waals surface area contributed by atoms with Gasteiger partial charge in [0.1, 0.15) is 17.5 Å². The van der Waals surface area contributed by atoms with E-state index < -0.39 is 5.82 Å². The van der Waals surface area contributed by atoms with E-state index in [0.29, 0.717) is 34.3 Å². The van der Waals surface area contributed by atoms with E-state index >= 15 is 4.39 Å². The maximum Gasteiger partial charge on any atom is 0.326 e. The highest BCUT2D eigenvalue weighted by molar-refractivity contribution is 5.82. The number of ether oxygens (including phenoxy) is 1. The van der Waals surface area contributed by atoms with E-state index in [9.17, 15) is 0 Å². The minimum atomic E-state index is -0.459. The molecule has 3 aromatic heterocycles. The Labute approximate surface area is 183 Å². The summed E-state index contributed by atoms with van der Waals surface area (Å²) in [5.41, 5.74) is 1.58. The van der Waals surface area contributed by atoms with Crippen LogP contribution in [-0.2, 0) is 0 Å². The summed E-state index contributed by atoms with van der Waals surface area (Å²) in [5.74, 6) is 1.81. The molecule has 1 aliphatic rings. The number of aryl methyl sites for hydroxylation is 2. The van der Waals surface area contributed by atoms with E-state index in [4.69, 9.17) is 4.74 Å². The molecule has 0 atom stereocenters. The molecule has 0 amide bonds. The van der Waals surface area contributed by atoms with Crippen molar-refractivity contribution in [3.63, 3.8) is 0 Å². The molecule has 3 N–H and O–H groups in total. The Bertz CT molecular complexity index is 1260. The number of H-pyrrole nitrogens is 2. The highest BCUT2D eigenvalue weighted by Crippen LogP contribution is 2.31. The van der Waals surface area contributed by atoms with Crippen LogP contribution in [0.1, 0.15) is 11.5 Å². The minimum absolute atomic E-state index is 0.0432. The van der Waals surface area contributed by atoms with Crippen molar-refractivity contribution in [2.24, 2.45) is 0 Å². The topological polar surface area (TPSA) is 111 Å². The summed E-state index contributed by atoms with van der Waals surface area (Å²) in [5, 5.41) is 10.4. The summed E-state index contributed by atoms with van der Waals surface area (Å²) < 4.78 is 20.9. The Morgan fingerprint density at radius 2 is 1.88 bits per heavy atom. The Balaban J connectivity index is 1.49. The summed E-state index contributed by atoms with van der Waals surface area (Å²) in [6.45, 7) is 7.15. The zero-order valence-electron chi connectivity index (χ0n) is 18.1. The number of benzene rings is 1. The lowest BCUT2D eigenvalue weighted by Crippen LogP contribution is -2.44. The fraction of sp³-hybridized carbons (Fsp3) is 0.333. The number of likely N-dealkylation sites (N-methyl/N-ethyl adjacent to an activating group) is 1. The van der Waals surface area contributed by atoms with Crippen molar-refractivity contribution in [2.45, 2.75) is 13.8 Å². The second-order valence-corrected chi connectivity index (χ2v) is 7.95. The molecule has 0 aliphatic carbocycles. The first-order chi connectivity index (χ1) is 15.4. The first-order valence-corrected chi connectivity index (χ1v) is 10.4. The first kappa shape index (κ1) is 20.2. The van der Waals surface area contributed by atoms with Crippen LogP contribution in [0, 0.1) is 19.7 Å². The van der Waals surface area contributed by atoms with Gasteiger partial charge in [0.05, 0.1) is 0 Å². The third-order valence-corrected chi connectivity index (χ3v) is 5.39. The predicted molar refractivity (Wildman–Crippen MR) is 119 cm³/mol. The SMILES string of the molecule is Cc1cc2c(F)c(Oc3nc(Nc4n[nH]c(C)n4)cc(N4CCN(C)CC4)n3)ccc2[nH]1. The van der Waals surface area contributed by atoms with Crippen LogP contribution in [-0.4, -0.2) is 68.3 Å². The first-order valence-electron chi connectivity index (χ1n) is 10.4. The second-order valence-electron chi connectivity index (χ2n) is 7.95. The Morgan fingerprint density at radius 3 is 2.62 bits per heavy atom. The van der Waals surface area contributed by atoms with Crippen LogP contribution >= 0.6 is 0 Å². The van der Waals surface area contributed by atoms with Crippen LogP contribution in [0.4, 0.5) is 22.0 Å². The van der Waals surface area contributed by atoms with E-state index in [-0.39, 0.29) is 11.8 Å². The summed E-state index contributed by atoms with van der Waals surface area (Å²) in [4.78, 5) is 20.8. The largest absolute Gasteiger partial charge is 0.421 e. The van der Waals surface area contributed by atoms with Gasteiger partial charge in [0.2, 0.25) is 5.95 Å². The number of hydrogen-bond acceptors (Lipinski definition) is 8. The number of piperazine rings is 1. The van der Waals surface area contributed by atoms with Crippen LogP contribution in [0.25, 0.3) is 10.9 Å². The van der Waals surface area contributed by atoms with E-state index in [2.05, 4.69) is 52.3 Å². The monoisotopic (exact) mass is 437 g/mol. The maximum absolute atomic E-state index is 15.1. The molecule has 1 saturated heterocycles. The summed E-state index contributed by atoms with van der Waals surface area (Å²) in [6, 6.07) is 6.96. The smallest absolute Gasteiger partial charge is 0.326 e. The molecule has 4 heterocycles. The molecule has 1 aromatic carbocycles. The third kappa shape index (κ3) is 4.06. The average molecular weight is 437 g/mol. The fourth-order valence-electron chi connectivity index (χ4n) is 3.70. The molecule has 0 saturated carbocycles. The van der Waals surface area contributed by atoms with Crippen molar-refractivity contribution < 1.29 is 9.13 Å². The van der Waals surface area contributed by atoms with E-state index in [0.717, 1.165) is 31.9 Å². The number of halogens is 1. The van der Waals surface area contributed by atoms with Crippen molar-refractivity contribution in [2.75, 3.05) is 43.4 Å². The lowest BCUT2D eigenvalue weighted by Gasteiger charge is -2.33. The van der Waals surface area contributed by atoms with Crippen LogP contribution < -0.4 is 15.0 Å². The molecule has 4 aromatic rings. The van der Waals surface area contributed by atoms with Gasteiger partial charge in [0.15, 0.2) is 11.6 Å². The van der Waals surface area contributed by atoms with Crippen LogP contribution in [0.5, 0.6) is 11.8 Å². The maximum atomic E-state index is 15.1. The van der Waals surface area contributed by atoms with Gasteiger partial charge < -0.3 is 24.8 Å². The normalized spacial score (nSPS) is 14.8. The number of rotatable bonds is 5. The number of nitrogens with zero attached hydrogens (tertiary/aromatic N) is 6. The Kier molecular flexibility index (Phi) is 5.10. The minimum Gasteiger partial charge on any atom is -0.421 e. The lowest BCUT2D eigenvalue weighted by molar-refractivity contribution is 0.311. The van der Waals surface area contributed by atoms with Crippen LogP contribution in [0.3, 0.4) is 0 Å². The van der Waals surface area contributed by atoms with Crippen molar-refractivity contribution in [1.29, 1.82) is 0 Å². The molecule has 11 heteroatoms. The van der Waals surface area contributed by atoms with Gasteiger partial charge in [-0.25, -0.2) is 4.39 Å². The van der Waals surface area contributed by atoms with Gasteiger partial charge >= 0.3 is 6.01 Å². The molecule has 1 fully saturated rings. The van der Waals surface area contributed by atoms with E-state index in [1.54, 1.807) is 18.2 Å². The van der Waals surface area contributed by atoms with Crippen LogP contribution in [0.15, 0.2) is 24.3 Å². The number of fused-ring (bicyclic) bond motifs is 1.